The predicted octanol–water partition coefficient (Wildman–Crippen LogP) is 1.21. The van der Waals surface area contributed by atoms with Crippen LogP contribution in [0.1, 0.15) is 24.4 Å². The van der Waals surface area contributed by atoms with Crippen LogP contribution in [0, 0.1) is 0 Å². The fourth-order valence-corrected chi connectivity index (χ4v) is 3.08. The summed E-state index contributed by atoms with van der Waals surface area (Å²) in [7, 11) is 1.74. The molecule has 3 rings (SSSR count). The van der Waals surface area contributed by atoms with Gasteiger partial charge in [-0.15, -0.1) is 0 Å². The van der Waals surface area contributed by atoms with Gasteiger partial charge in [0.1, 0.15) is 6.61 Å². The van der Waals surface area contributed by atoms with Crippen molar-refractivity contribution in [2.45, 2.75) is 25.0 Å². The molecule has 0 unspecified atom stereocenters. The van der Waals surface area contributed by atoms with Crippen LogP contribution < -0.4 is 0 Å². The van der Waals surface area contributed by atoms with Gasteiger partial charge < -0.3 is 14.5 Å². The third-order valence-corrected chi connectivity index (χ3v) is 4.29. The molecule has 0 N–H and O–H groups in total. The summed E-state index contributed by atoms with van der Waals surface area (Å²) in [6, 6.07) is 9.28. The van der Waals surface area contributed by atoms with Crippen LogP contribution in [0.2, 0.25) is 0 Å². The van der Waals surface area contributed by atoms with Crippen molar-refractivity contribution in [3.63, 3.8) is 0 Å². The maximum Gasteiger partial charge on any atom is 0.254 e. The molecule has 1 aromatic carbocycles. The first kappa shape index (κ1) is 14.1. The van der Waals surface area contributed by atoms with E-state index in [-0.39, 0.29) is 24.5 Å². The van der Waals surface area contributed by atoms with E-state index in [1.807, 2.05) is 35.2 Å². The fourth-order valence-electron chi connectivity index (χ4n) is 3.08. The van der Waals surface area contributed by atoms with E-state index in [2.05, 4.69) is 0 Å². The van der Waals surface area contributed by atoms with Crippen molar-refractivity contribution >= 4 is 11.8 Å². The van der Waals surface area contributed by atoms with Gasteiger partial charge in [0, 0.05) is 20.1 Å². The highest BCUT2D eigenvalue weighted by Crippen LogP contribution is 2.30. The molecule has 2 heterocycles. The summed E-state index contributed by atoms with van der Waals surface area (Å²) in [5, 5.41) is 0. The second-order valence-corrected chi connectivity index (χ2v) is 5.62. The number of likely N-dealkylation sites (N-methyl/N-ethyl adjacent to an activating group) is 1. The van der Waals surface area contributed by atoms with Gasteiger partial charge in [0.15, 0.2) is 6.10 Å². The zero-order chi connectivity index (χ0) is 14.8. The van der Waals surface area contributed by atoms with Crippen molar-refractivity contribution in [3.8, 4) is 0 Å². The minimum atomic E-state index is -0.604. The monoisotopic (exact) mass is 288 g/mol. The Morgan fingerprint density at radius 3 is 2.52 bits per heavy atom. The van der Waals surface area contributed by atoms with Crippen LogP contribution in [0.25, 0.3) is 0 Å². The molecule has 0 bridgehead atoms. The molecular weight excluding hydrogens is 268 g/mol. The highest BCUT2D eigenvalue weighted by molar-refractivity contribution is 5.86. The van der Waals surface area contributed by atoms with E-state index in [1.54, 1.807) is 11.9 Å². The third-order valence-electron chi connectivity index (χ3n) is 4.29. The van der Waals surface area contributed by atoms with Crippen molar-refractivity contribution in [1.82, 2.24) is 9.80 Å². The molecule has 0 aliphatic carbocycles. The minimum Gasteiger partial charge on any atom is -0.356 e. The molecule has 21 heavy (non-hydrogen) atoms. The Bertz CT molecular complexity index is 526. The lowest BCUT2D eigenvalue weighted by Crippen LogP contribution is -2.53. The van der Waals surface area contributed by atoms with Crippen molar-refractivity contribution < 1.29 is 14.3 Å². The molecule has 1 aromatic rings. The maximum atomic E-state index is 12.7. The number of benzene rings is 1. The number of nitrogens with zero attached hydrogens (tertiary/aromatic N) is 2. The summed E-state index contributed by atoms with van der Waals surface area (Å²) in [4.78, 5) is 28.1. The SMILES string of the molecule is CN1C(=O)CO[C@@H](C(=O)N2CCCC2)[C@@H]1c1ccccc1. The molecule has 0 aromatic heterocycles. The average molecular weight is 288 g/mol. The van der Waals surface area contributed by atoms with Crippen LogP contribution >= 0.6 is 0 Å². The van der Waals surface area contributed by atoms with Gasteiger partial charge in [-0.3, -0.25) is 9.59 Å². The molecule has 0 saturated carbocycles. The molecule has 2 saturated heterocycles. The maximum absolute atomic E-state index is 12.7. The third kappa shape index (κ3) is 2.65. The lowest BCUT2D eigenvalue weighted by Gasteiger charge is -2.39. The summed E-state index contributed by atoms with van der Waals surface area (Å²) < 4.78 is 5.62. The Morgan fingerprint density at radius 2 is 1.86 bits per heavy atom. The average Bonchev–Trinajstić information content (AvgIpc) is 3.04. The fraction of sp³-hybridized carbons (Fsp3) is 0.500. The van der Waals surface area contributed by atoms with E-state index < -0.39 is 6.10 Å². The summed E-state index contributed by atoms with van der Waals surface area (Å²) in [5.41, 5.74) is 0.936. The molecule has 2 amide bonds. The van der Waals surface area contributed by atoms with Gasteiger partial charge in [-0.05, 0) is 18.4 Å². The van der Waals surface area contributed by atoms with E-state index in [0.717, 1.165) is 31.5 Å². The predicted molar refractivity (Wildman–Crippen MR) is 77.5 cm³/mol. The number of carbonyl (C=O) groups excluding carboxylic acids is 2. The van der Waals surface area contributed by atoms with Gasteiger partial charge in [-0.2, -0.15) is 0 Å². The molecule has 2 aliphatic rings. The summed E-state index contributed by atoms with van der Waals surface area (Å²) >= 11 is 0. The first-order valence-electron chi connectivity index (χ1n) is 7.39. The van der Waals surface area contributed by atoms with E-state index in [0.29, 0.717) is 0 Å². The van der Waals surface area contributed by atoms with Gasteiger partial charge in [-0.1, -0.05) is 30.3 Å². The molecule has 0 spiro atoms. The van der Waals surface area contributed by atoms with Gasteiger partial charge in [0.2, 0.25) is 5.91 Å². The minimum absolute atomic E-state index is 0.000651. The normalized spacial score (nSPS) is 26.2. The van der Waals surface area contributed by atoms with Crippen LogP contribution in [0.3, 0.4) is 0 Å². The summed E-state index contributed by atoms with van der Waals surface area (Å²) in [6.45, 7) is 1.56. The Balaban J connectivity index is 1.89. The number of ether oxygens (including phenoxy) is 1. The number of hydrogen-bond donors (Lipinski definition) is 0. The van der Waals surface area contributed by atoms with Crippen LogP contribution in [0.5, 0.6) is 0 Å². The second kappa shape index (κ2) is 5.85. The molecule has 5 nitrogen and oxygen atoms in total. The lowest BCUT2D eigenvalue weighted by molar-refractivity contribution is -0.166. The Labute approximate surface area is 124 Å². The lowest BCUT2D eigenvalue weighted by atomic mass is 9.97. The van der Waals surface area contributed by atoms with Crippen LogP contribution in [-0.2, 0) is 14.3 Å². The molecule has 2 aliphatic heterocycles. The Morgan fingerprint density at radius 1 is 1.19 bits per heavy atom. The van der Waals surface area contributed by atoms with Gasteiger partial charge >= 0.3 is 0 Å². The van der Waals surface area contributed by atoms with Crippen molar-refractivity contribution in [3.05, 3.63) is 35.9 Å². The molecule has 2 fully saturated rings. The molecule has 0 radical (unpaired) electrons. The summed E-state index contributed by atoms with van der Waals surface area (Å²) in [6.07, 6.45) is 1.49. The zero-order valence-electron chi connectivity index (χ0n) is 12.2. The quantitative estimate of drug-likeness (QED) is 0.822. The Hall–Kier alpha value is -1.88. The van der Waals surface area contributed by atoms with Crippen LogP contribution in [0.15, 0.2) is 30.3 Å². The number of morpholine rings is 1. The number of carbonyl (C=O) groups is 2. The largest absolute Gasteiger partial charge is 0.356 e. The highest BCUT2D eigenvalue weighted by atomic mass is 16.5. The standard InChI is InChI=1S/C16H20N2O3/c1-17-13(19)11-21-15(16(20)18-9-5-6-10-18)14(17)12-7-3-2-4-8-12/h2-4,7-8,14-15H,5-6,9-11H2,1H3/t14-,15+/m0/s1. The van der Waals surface area contributed by atoms with Gasteiger partial charge in [0.25, 0.3) is 5.91 Å². The highest BCUT2D eigenvalue weighted by Gasteiger charge is 2.42. The Kier molecular flexibility index (Phi) is 3.92. The van der Waals surface area contributed by atoms with Gasteiger partial charge in [-0.25, -0.2) is 0 Å². The van der Waals surface area contributed by atoms with Gasteiger partial charge in [0.05, 0.1) is 6.04 Å². The van der Waals surface area contributed by atoms with Crippen LogP contribution in [-0.4, -0.2) is 54.5 Å². The van der Waals surface area contributed by atoms with Crippen molar-refractivity contribution in [2.24, 2.45) is 0 Å². The topological polar surface area (TPSA) is 49.9 Å². The number of hydrogen-bond acceptors (Lipinski definition) is 3. The smallest absolute Gasteiger partial charge is 0.254 e. The molecule has 2 atom stereocenters. The van der Waals surface area contributed by atoms with Crippen molar-refractivity contribution in [2.75, 3.05) is 26.7 Å². The number of likely N-dealkylation sites (tertiary alicyclic amines) is 1. The second-order valence-electron chi connectivity index (χ2n) is 5.62. The van der Waals surface area contributed by atoms with Crippen molar-refractivity contribution in [1.29, 1.82) is 0 Å². The molecule has 112 valence electrons. The number of amides is 2. The zero-order valence-corrected chi connectivity index (χ0v) is 12.2. The first-order chi connectivity index (χ1) is 10.2. The van der Waals surface area contributed by atoms with Crippen LogP contribution in [0.4, 0.5) is 0 Å². The van der Waals surface area contributed by atoms with E-state index >= 15 is 0 Å². The molecular formula is C16H20N2O3. The molecule has 5 heteroatoms. The van der Waals surface area contributed by atoms with E-state index in [1.165, 1.54) is 0 Å². The first-order valence-corrected chi connectivity index (χ1v) is 7.39. The van der Waals surface area contributed by atoms with E-state index in [9.17, 15) is 9.59 Å². The number of rotatable bonds is 2. The van der Waals surface area contributed by atoms with E-state index in [4.69, 9.17) is 4.74 Å². The summed E-state index contributed by atoms with van der Waals surface area (Å²) in [5.74, 6) is -0.0879.